The lowest BCUT2D eigenvalue weighted by molar-refractivity contribution is -0.128. The smallest absolute Gasteiger partial charge is 0.261 e. The number of hydrogen-bond donors (Lipinski definition) is 1. The van der Waals surface area contributed by atoms with Gasteiger partial charge in [0.05, 0.1) is 0 Å². The van der Waals surface area contributed by atoms with Gasteiger partial charge in [-0.2, -0.15) is 0 Å². The number of aryl methyl sites for hydroxylation is 1. The Balaban J connectivity index is 1.67. The highest BCUT2D eigenvalue weighted by Crippen LogP contribution is 2.34. The van der Waals surface area contributed by atoms with E-state index in [1.165, 1.54) is 5.56 Å². The SMILES string of the molecule is CC[C@H](Oc1cccc(C)c1)C(=O)NCC1(c2ccccc2)CCOCC1. The first kappa shape index (κ1) is 19.4. The summed E-state index contributed by atoms with van der Waals surface area (Å²) in [5, 5.41) is 3.16. The number of carbonyl (C=O) groups excluding carboxylic acids is 1. The van der Waals surface area contributed by atoms with Crippen LogP contribution >= 0.6 is 0 Å². The normalized spacial score (nSPS) is 17.1. The van der Waals surface area contributed by atoms with Gasteiger partial charge in [-0.05, 0) is 49.4 Å². The molecule has 0 bridgehead atoms. The Morgan fingerprint density at radius 1 is 1.15 bits per heavy atom. The number of carbonyl (C=O) groups is 1. The van der Waals surface area contributed by atoms with Crippen molar-refractivity contribution in [3.63, 3.8) is 0 Å². The van der Waals surface area contributed by atoms with Crippen molar-refractivity contribution >= 4 is 5.91 Å². The monoisotopic (exact) mass is 367 g/mol. The Morgan fingerprint density at radius 2 is 1.89 bits per heavy atom. The van der Waals surface area contributed by atoms with Gasteiger partial charge in [0.25, 0.3) is 5.91 Å². The van der Waals surface area contributed by atoms with E-state index in [1.807, 2.05) is 44.2 Å². The third-order valence-electron chi connectivity index (χ3n) is 5.37. The van der Waals surface area contributed by atoms with Crippen molar-refractivity contribution in [1.82, 2.24) is 5.32 Å². The van der Waals surface area contributed by atoms with Gasteiger partial charge in [-0.15, -0.1) is 0 Å². The van der Waals surface area contributed by atoms with E-state index in [1.54, 1.807) is 0 Å². The van der Waals surface area contributed by atoms with Crippen molar-refractivity contribution in [1.29, 1.82) is 0 Å². The fourth-order valence-corrected chi connectivity index (χ4v) is 3.67. The van der Waals surface area contributed by atoms with Gasteiger partial charge in [0.1, 0.15) is 5.75 Å². The van der Waals surface area contributed by atoms with Crippen molar-refractivity contribution < 1.29 is 14.3 Å². The summed E-state index contributed by atoms with van der Waals surface area (Å²) in [7, 11) is 0. The molecular weight excluding hydrogens is 338 g/mol. The van der Waals surface area contributed by atoms with E-state index in [-0.39, 0.29) is 11.3 Å². The molecule has 1 saturated heterocycles. The number of ether oxygens (including phenoxy) is 2. The lowest BCUT2D eigenvalue weighted by atomic mass is 9.74. The molecule has 1 N–H and O–H groups in total. The molecule has 3 rings (SSSR count). The summed E-state index contributed by atoms with van der Waals surface area (Å²) in [5.41, 5.74) is 2.31. The van der Waals surface area contributed by atoms with Crippen LogP contribution < -0.4 is 10.1 Å². The Hall–Kier alpha value is -2.33. The molecule has 4 nitrogen and oxygen atoms in total. The second-order valence-electron chi connectivity index (χ2n) is 7.31. The Morgan fingerprint density at radius 3 is 2.56 bits per heavy atom. The molecule has 144 valence electrons. The molecule has 1 heterocycles. The summed E-state index contributed by atoms with van der Waals surface area (Å²) in [5.74, 6) is 0.682. The van der Waals surface area contributed by atoms with Gasteiger partial charge in [0.15, 0.2) is 6.10 Å². The van der Waals surface area contributed by atoms with Crippen LogP contribution in [0.2, 0.25) is 0 Å². The van der Waals surface area contributed by atoms with Crippen molar-refractivity contribution in [2.24, 2.45) is 0 Å². The van der Waals surface area contributed by atoms with Crippen molar-refractivity contribution in [3.05, 3.63) is 65.7 Å². The maximum atomic E-state index is 12.8. The highest BCUT2D eigenvalue weighted by Gasteiger charge is 2.35. The van der Waals surface area contributed by atoms with Gasteiger partial charge in [0, 0.05) is 25.2 Å². The zero-order valence-corrected chi connectivity index (χ0v) is 16.2. The molecule has 0 spiro atoms. The van der Waals surface area contributed by atoms with Crippen LogP contribution in [0.25, 0.3) is 0 Å². The largest absolute Gasteiger partial charge is 0.481 e. The minimum atomic E-state index is -0.487. The highest BCUT2D eigenvalue weighted by molar-refractivity contribution is 5.81. The summed E-state index contributed by atoms with van der Waals surface area (Å²) in [6.45, 7) is 6.04. The van der Waals surface area contributed by atoms with Crippen molar-refractivity contribution in [2.75, 3.05) is 19.8 Å². The average molecular weight is 367 g/mol. The van der Waals surface area contributed by atoms with Gasteiger partial charge in [-0.1, -0.05) is 49.4 Å². The summed E-state index contributed by atoms with van der Waals surface area (Å²) in [6.07, 6.45) is 1.96. The Kier molecular flexibility index (Phi) is 6.51. The van der Waals surface area contributed by atoms with E-state index in [0.29, 0.717) is 13.0 Å². The van der Waals surface area contributed by atoms with Crippen LogP contribution in [0.15, 0.2) is 54.6 Å². The molecule has 0 aromatic heterocycles. The van der Waals surface area contributed by atoms with E-state index in [0.717, 1.165) is 37.4 Å². The van der Waals surface area contributed by atoms with Gasteiger partial charge in [-0.25, -0.2) is 0 Å². The van der Waals surface area contributed by atoms with Crippen LogP contribution in [0.3, 0.4) is 0 Å². The van der Waals surface area contributed by atoms with Crippen LogP contribution in [0.1, 0.15) is 37.3 Å². The van der Waals surface area contributed by atoms with E-state index in [2.05, 4.69) is 29.6 Å². The molecule has 1 fully saturated rings. The lowest BCUT2D eigenvalue weighted by Crippen LogP contribution is -2.48. The fourth-order valence-electron chi connectivity index (χ4n) is 3.67. The second-order valence-corrected chi connectivity index (χ2v) is 7.31. The summed E-state index contributed by atoms with van der Waals surface area (Å²) in [6, 6.07) is 18.3. The number of benzene rings is 2. The van der Waals surface area contributed by atoms with Crippen molar-refractivity contribution in [2.45, 2.75) is 44.6 Å². The van der Waals surface area contributed by atoms with Crippen LogP contribution in [0.4, 0.5) is 0 Å². The molecule has 4 heteroatoms. The van der Waals surface area contributed by atoms with E-state index >= 15 is 0 Å². The van der Waals surface area contributed by atoms with Gasteiger partial charge in [-0.3, -0.25) is 4.79 Å². The number of nitrogens with one attached hydrogen (secondary N) is 1. The standard InChI is InChI=1S/C23H29NO3/c1-3-21(27-20-11-7-8-18(2)16-20)22(25)24-17-23(12-14-26-15-13-23)19-9-5-4-6-10-19/h4-11,16,21H,3,12-15,17H2,1-2H3,(H,24,25)/t21-/m0/s1. The van der Waals surface area contributed by atoms with Gasteiger partial charge < -0.3 is 14.8 Å². The third kappa shape index (κ3) is 4.89. The number of amides is 1. The van der Waals surface area contributed by atoms with Crippen molar-refractivity contribution in [3.8, 4) is 5.75 Å². The molecule has 0 aliphatic carbocycles. The summed E-state index contributed by atoms with van der Waals surface area (Å²) in [4.78, 5) is 12.8. The zero-order chi connectivity index (χ0) is 19.1. The van der Waals surface area contributed by atoms with E-state index in [9.17, 15) is 4.79 Å². The predicted molar refractivity (Wildman–Crippen MR) is 107 cm³/mol. The van der Waals surface area contributed by atoms with Crippen LogP contribution in [-0.4, -0.2) is 31.8 Å². The molecule has 1 aliphatic rings. The number of rotatable bonds is 7. The molecule has 0 saturated carbocycles. The molecule has 0 unspecified atom stereocenters. The van der Waals surface area contributed by atoms with E-state index < -0.39 is 6.10 Å². The molecule has 27 heavy (non-hydrogen) atoms. The summed E-state index contributed by atoms with van der Waals surface area (Å²) < 4.78 is 11.5. The first-order valence-corrected chi connectivity index (χ1v) is 9.77. The maximum Gasteiger partial charge on any atom is 0.261 e. The average Bonchev–Trinajstić information content (AvgIpc) is 2.71. The second kappa shape index (κ2) is 9.05. The molecule has 1 atom stereocenters. The minimum Gasteiger partial charge on any atom is -0.481 e. The third-order valence-corrected chi connectivity index (χ3v) is 5.37. The molecule has 1 aliphatic heterocycles. The predicted octanol–water partition coefficient (Wildman–Crippen LogP) is 4.02. The molecular formula is C23H29NO3. The number of hydrogen-bond acceptors (Lipinski definition) is 3. The molecule has 1 amide bonds. The zero-order valence-electron chi connectivity index (χ0n) is 16.2. The quantitative estimate of drug-likeness (QED) is 0.804. The van der Waals surface area contributed by atoms with E-state index in [4.69, 9.17) is 9.47 Å². The molecule has 2 aromatic rings. The van der Waals surface area contributed by atoms with Crippen LogP contribution in [-0.2, 0) is 14.9 Å². The lowest BCUT2D eigenvalue weighted by Gasteiger charge is -2.38. The van der Waals surface area contributed by atoms with Crippen LogP contribution in [0, 0.1) is 6.92 Å². The van der Waals surface area contributed by atoms with Gasteiger partial charge >= 0.3 is 0 Å². The topological polar surface area (TPSA) is 47.6 Å². The maximum absolute atomic E-state index is 12.8. The first-order chi connectivity index (χ1) is 13.1. The van der Waals surface area contributed by atoms with Crippen LogP contribution in [0.5, 0.6) is 5.75 Å². The Labute approximate surface area is 161 Å². The highest BCUT2D eigenvalue weighted by atomic mass is 16.5. The molecule has 2 aromatic carbocycles. The summed E-state index contributed by atoms with van der Waals surface area (Å²) >= 11 is 0. The Bertz CT molecular complexity index is 738. The first-order valence-electron chi connectivity index (χ1n) is 9.77. The molecule has 0 radical (unpaired) electrons. The minimum absolute atomic E-state index is 0.0548. The van der Waals surface area contributed by atoms with Gasteiger partial charge in [0.2, 0.25) is 0 Å². The fraction of sp³-hybridized carbons (Fsp3) is 0.435.